The normalized spacial score (nSPS) is 11.4. The first kappa shape index (κ1) is 13.2. The van der Waals surface area contributed by atoms with Gasteiger partial charge in [-0.05, 0) is 30.0 Å². The zero-order chi connectivity index (χ0) is 13.3. The second kappa shape index (κ2) is 5.15. The van der Waals surface area contributed by atoms with Gasteiger partial charge in [-0.15, -0.1) is 0 Å². The van der Waals surface area contributed by atoms with Crippen LogP contribution in [-0.4, -0.2) is 10.9 Å². The maximum absolute atomic E-state index is 11.2. The fraction of sp³-hybridized carbons (Fsp3) is 0.400. The van der Waals surface area contributed by atoms with Crippen LogP contribution in [0.3, 0.4) is 0 Å². The maximum atomic E-state index is 11.2. The SMILES string of the molecule is CCCn1c(Cl)c(C=O)c2cc(C(C)C)ccc21. The van der Waals surface area contributed by atoms with Gasteiger partial charge in [-0.1, -0.05) is 38.4 Å². The summed E-state index contributed by atoms with van der Waals surface area (Å²) in [6.45, 7) is 7.23. The lowest BCUT2D eigenvalue weighted by molar-refractivity contribution is 0.112. The summed E-state index contributed by atoms with van der Waals surface area (Å²) in [5.74, 6) is 0.446. The number of benzene rings is 1. The van der Waals surface area contributed by atoms with Gasteiger partial charge in [0, 0.05) is 17.4 Å². The molecular weight excluding hydrogens is 246 g/mol. The Balaban J connectivity index is 2.74. The number of aldehydes is 1. The maximum Gasteiger partial charge on any atom is 0.153 e. The minimum atomic E-state index is 0.446. The van der Waals surface area contributed by atoms with Crippen molar-refractivity contribution in [1.29, 1.82) is 0 Å². The van der Waals surface area contributed by atoms with Crippen LogP contribution in [0.2, 0.25) is 5.15 Å². The van der Waals surface area contributed by atoms with Crippen molar-refractivity contribution in [1.82, 2.24) is 4.57 Å². The van der Waals surface area contributed by atoms with E-state index in [1.807, 2.05) is 4.57 Å². The van der Waals surface area contributed by atoms with Crippen LogP contribution in [0.5, 0.6) is 0 Å². The molecule has 1 aromatic heterocycles. The van der Waals surface area contributed by atoms with Crippen LogP contribution in [0.25, 0.3) is 10.9 Å². The predicted molar refractivity (Wildman–Crippen MR) is 76.7 cm³/mol. The van der Waals surface area contributed by atoms with Gasteiger partial charge >= 0.3 is 0 Å². The molecule has 0 amide bonds. The van der Waals surface area contributed by atoms with E-state index < -0.39 is 0 Å². The van der Waals surface area contributed by atoms with E-state index in [9.17, 15) is 4.79 Å². The summed E-state index contributed by atoms with van der Waals surface area (Å²) in [6, 6.07) is 6.27. The average Bonchev–Trinajstić information content (AvgIpc) is 2.62. The first-order valence-electron chi connectivity index (χ1n) is 6.37. The fourth-order valence-corrected chi connectivity index (χ4v) is 2.60. The Bertz CT molecular complexity index is 584. The van der Waals surface area contributed by atoms with E-state index in [4.69, 9.17) is 11.6 Å². The minimum absolute atomic E-state index is 0.446. The first-order valence-corrected chi connectivity index (χ1v) is 6.74. The van der Waals surface area contributed by atoms with Gasteiger partial charge in [-0.2, -0.15) is 0 Å². The highest BCUT2D eigenvalue weighted by molar-refractivity contribution is 6.34. The second-order valence-electron chi connectivity index (χ2n) is 4.91. The molecule has 1 heterocycles. The molecule has 2 aromatic rings. The summed E-state index contributed by atoms with van der Waals surface area (Å²) in [4.78, 5) is 11.2. The lowest BCUT2D eigenvalue weighted by Gasteiger charge is -2.07. The van der Waals surface area contributed by atoms with Crippen LogP contribution in [0.15, 0.2) is 18.2 Å². The predicted octanol–water partition coefficient (Wildman–Crippen LogP) is 4.64. The van der Waals surface area contributed by atoms with Gasteiger partial charge in [0.25, 0.3) is 0 Å². The van der Waals surface area contributed by atoms with E-state index in [-0.39, 0.29) is 0 Å². The Kier molecular flexibility index (Phi) is 3.76. The molecule has 2 nitrogen and oxygen atoms in total. The van der Waals surface area contributed by atoms with Gasteiger partial charge in [0.1, 0.15) is 5.15 Å². The van der Waals surface area contributed by atoms with Gasteiger partial charge in [-0.25, -0.2) is 0 Å². The van der Waals surface area contributed by atoms with Crippen LogP contribution in [0.4, 0.5) is 0 Å². The van der Waals surface area contributed by atoms with Crippen molar-refractivity contribution in [3.63, 3.8) is 0 Å². The Morgan fingerprint density at radius 3 is 2.67 bits per heavy atom. The van der Waals surface area contributed by atoms with Crippen molar-refractivity contribution in [3.8, 4) is 0 Å². The number of aryl methyl sites for hydroxylation is 1. The summed E-state index contributed by atoms with van der Waals surface area (Å²) in [5.41, 5.74) is 2.90. The molecule has 0 bridgehead atoms. The molecule has 0 unspecified atom stereocenters. The van der Waals surface area contributed by atoms with Crippen molar-refractivity contribution in [2.75, 3.05) is 0 Å². The van der Waals surface area contributed by atoms with Gasteiger partial charge in [-0.3, -0.25) is 4.79 Å². The van der Waals surface area contributed by atoms with Gasteiger partial charge < -0.3 is 4.57 Å². The van der Waals surface area contributed by atoms with Crippen LogP contribution in [-0.2, 0) is 6.54 Å². The van der Waals surface area contributed by atoms with E-state index in [2.05, 4.69) is 39.0 Å². The highest BCUT2D eigenvalue weighted by Crippen LogP contribution is 2.31. The average molecular weight is 264 g/mol. The molecule has 0 fully saturated rings. The Labute approximate surface area is 113 Å². The van der Waals surface area contributed by atoms with Crippen molar-refractivity contribution in [3.05, 3.63) is 34.5 Å². The Morgan fingerprint density at radius 1 is 1.39 bits per heavy atom. The van der Waals surface area contributed by atoms with Crippen molar-refractivity contribution in [2.45, 2.75) is 39.7 Å². The summed E-state index contributed by atoms with van der Waals surface area (Å²) in [7, 11) is 0. The van der Waals surface area contributed by atoms with Crippen molar-refractivity contribution < 1.29 is 4.79 Å². The van der Waals surface area contributed by atoms with Crippen molar-refractivity contribution >= 4 is 28.8 Å². The zero-order valence-electron chi connectivity index (χ0n) is 11.0. The number of carbonyl (C=O) groups excluding carboxylic acids is 1. The Hall–Kier alpha value is -1.28. The largest absolute Gasteiger partial charge is 0.331 e. The summed E-state index contributed by atoms with van der Waals surface area (Å²) in [5, 5.41) is 1.53. The van der Waals surface area contributed by atoms with Crippen molar-refractivity contribution in [2.24, 2.45) is 0 Å². The summed E-state index contributed by atoms with van der Waals surface area (Å²) in [6.07, 6.45) is 1.86. The first-order chi connectivity index (χ1) is 8.60. The molecule has 0 saturated carbocycles. The molecule has 0 spiro atoms. The highest BCUT2D eigenvalue weighted by Gasteiger charge is 2.15. The third kappa shape index (κ3) is 2.05. The minimum Gasteiger partial charge on any atom is -0.331 e. The molecule has 0 N–H and O–H groups in total. The van der Waals surface area contributed by atoms with Gasteiger partial charge in [0.2, 0.25) is 0 Å². The molecule has 96 valence electrons. The summed E-state index contributed by atoms with van der Waals surface area (Å²) >= 11 is 6.29. The second-order valence-corrected chi connectivity index (χ2v) is 5.26. The zero-order valence-corrected chi connectivity index (χ0v) is 11.8. The third-order valence-electron chi connectivity index (χ3n) is 3.29. The smallest absolute Gasteiger partial charge is 0.153 e. The number of hydrogen-bond acceptors (Lipinski definition) is 1. The molecule has 18 heavy (non-hydrogen) atoms. The lowest BCUT2D eigenvalue weighted by atomic mass is 10.0. The Morgan fingerprint density at radius 2 is 2.11 bits per heavy atom. The quantitative estimate of drug-likeness (QED) is 0.737. The molecule has 1 aromatic carbocycles. The number of nitrogens with zero attached hydrogens (tertiary/aromatic N) is 1. The summed E-state index contributed by atoms with van der Waals surface area (Å²) < 4.78 is 2.02. The van der Waals surface area contributed by atoms with E-state index in [0.717, 1.165) is 30.2 Å². The molecule has 0 aliphatic rings. The molecule has 3 heteroatoms. The number of halogens is 1. The van der Waals surface area contributed by atoms with E-state index in [1.165, 1.54) is 5.56 Å². The van der Waals surface area contributed by atoms with Gasteiger partial charge in [0.15, 0.2) is 6.29 Å². The van der Waals surface area contributed by atoms with Crippen LogP contribution >= 0.6 is 11.6 Å². The number of rotatable bonds is 4. The topological polar surface area (TPSA) is 22.0 Å². The molecule has 0 aliphatic heterocycles. The van der Waals surface area contributed by atoms with Gasteiger partial charge in [0.05, 0.1) is 5.56 Å². The number of aromatic nitrogens is 1. The van der Waals surface area contributed by atoms with Crippen LogP contribution in [0, 0.1) is 0 Å². The molecule has 0 radical (unpaired) electrons. The van der Waals surface area contributed by atoms with Crippen LogP contribution in [0.1, 0.15) is 49.0 Å². The number of carbonyl (C=O) groups is 1. The lowest BCUT2D eigenvalue weighted by Crippen LogP contribution is -1.96. The molecule has 0 saturated heterocycles. The van der Waals surface area contributed by atoms with Crippen LogP contribution < -0.4 is 0 Å². The fourth-order valence-electron chi connectivity index (χ4n) is 2.28. The number of fused-ring (bicyclic) bond motifs is 1. The van der Waals surface area contributed by atoms with E-state index in [0.29, 0.717) is 16.6 Å². The highest BCUT2D eigenvalue weighted by atomic mass is 35.5. The molecular formula is C15H18ClNO. The monoisotopic (exact) mass is 263 g/mol. The van der Waals surface area contributed by atoms with E-state index in [1.54, 1.807) is 0 Å². The molecule has 0 atom stereocenters. The molecule has 0 aliphatic carbocycles. The molecule has 2 rings (SSSR count). The third-order valence-corrected chi connectivity index (χ3v) is 3.70. The number of hydrogen-bond donors (Lipinski definition) is 0. The van der Waals surface area contributed by atoms with E-state index >= 15 is 0 Å². The standard InChI is InChI=1S/C15H18ClNO/c1-4-7-17-14-6-5-11(10(2)3)8-12(14)13(9-18)15(17)16/h5-6,8-10H,4,7H2,1-3H3.